The van der Waals surface area contributed by atoms with E-state index in [2.05, 4.69) is 4.98 Å². The first-order chi connectivity index (χ1) is 8.65. The van der Waals surface area contributed by atoms with Gasteiger partial charge in [0.15, 0.2) is 5.58 Å². The summed E-state index contributed by atoms with van der Waals surface area (Å²) < 4.78 is 18.7. The molecule has 90 valence electrons. The summed E-state index contributed by atoms with van der Waals surface area (Å²) in [5.74, 6) is 0.132. The van der Waals surface area contributed by atoms with Crippen LogP contribution < -0.4 is 5.73 Å². The Kier molecular flexibility index (Phi) is 2.30. The van der Waals surface area contributed by atoms with Crippen molar-refractivity contribution in [3.63, 3.8) is 0 Å². The Labute approximate surface area is 103 Å². The number of oxazole rings is 1. The van der Waals surface area contributed by atoms with Gasteiger partial charge in [0.05, 0.1) is 0 Å². The third-order valence-corrected chi connectivity index (χ3v) is 2.96. The number of hydrogen-bond acceptors (Lipinski definition) is 3. The number of aromatic nitrogens is 1. The SMILES string of the molecule is Cc1c(N)cccc1-c1nc2cc(F)ccc2o1. The summed E-state index contributed by atoms with van der Waals surface area (Å²) in [6.07, 6.45) is 0. The van der Waals surface area contributed by atoms with Crippen molar-refractivity contribution in [3.05, 3.63) is 47.8 Å². The lowest BCUT2D eigenvalue weighted by atomic mass is 10.1. The number of hydrogen-bond donors (Lipinski definition) is 1. The van der Waals surface area contributed by atoms with Crippen molar-refractivity contribution < 1.29 is 8.81 Å². The van der Waals surface area contributed by atoms with E-state index in [1.54, 1.807) is 6.07 Å². The maximum Gasteiger partial charge on any atom is 0.227 e. The topological polar surface area (TPSA) is 52.0 Å². The van der Waals surface area contributed by atoms with Crippen LogP contribution in [0.1, 0.15) is 5.56 Å². The summed E-state index contributed by atoms with van der Waals surface area (Å²) in [6.45, 7) is 1.90. The van der Waals surface area contributed by atoms with E-state index in [-0.39, 0.29) is 5.82 Å². The van der Waals surface area contributed by atoms with Gasteiger partial charge in [-0.1, -0.05) is 6.07 Å². The van der Waals surface area contributed by atoms with Gasteiger partial charge in [0.1, 0.15) is 11.3 Å². The van der Waals surface area contributed by atoms with Crippen molar-refractivity contribution in [1.29, 1.82) is 0 Å². The molecule has 1 heterocycles. The molecule has 0 spiro atoms. The van der Waals surface area contributed by atoms with E-state index in [4.69, 9.17) is 10.2 Å². The molecule has 2 aromatic carbocycles. The highest BCUT2D eigenvalue weighted by atomic mass is 19.1. The van der Waals surface area contributed by atoms with Crippen LogP contribution in [0.2, 0.25) is 0 Å². The van der Waals surface area contributed by atoms with Crippen LogP contribution >= 0.6 is 0 Å². The fraction of sp³-hybridized carbons (Fsp3) is 0.0714. The van der Waals surface area contributed by atoms with Gasteiger partial charge >= 0.3 is 0 Å². The van der Waals surface area contributed by atoms with Crippen LogP contribution in [0.15, 0.2) is 40.8 Å². The monoisotopic (exact) mass is 242 g/mol. The molecule has 0 saturated carbocycles. The van der Waals surface area contributed by atoms with Gasteiger partial charge in [-0.3, -0.25) is 0 Å². The maximum atomic E-state index is 13.1. The minimum absolute atomic E-state index is 0.327. The first kappa shape index (κ1) is 10.8. The molecule has 18 heavy (non-hydrogen) atoms. The molecule has 3 aromatic rings. The summed E-state index contributed by atoms with van der Waals surface area (Å²) >= 11 is 0. The molecule has 0 aliphatic carbocycles. The van der Waals surface area contributed by atoms with Gasteiger partial charge in [0, 0.05) is 17.3 Å². The summed E-state index contributed by atoms with van der Waals surface area (Å²) in [6, 6.07) is 9.82. The highest BCUT2D eigenvalue weighted by Crippen LogP contribution is 2.29. The summed E-state index contributed by atoms with van der Waals surface area (Å²) in [4.78, 5) is 4.28. The number of benzene rings is 2. The molecule has 0 aliphatic rings. The van der Waals surface area contributed by atoms with Gasteiger partial charge in [0.25, 0.3) is 0 Å². The van der Waals surface area contributed by atoms with Crippen molar-refractivity contribution in [2.45, 2.75) is 6.92 Å². The third kappa shape index (κ3) is 1.62. The number of rotatable bonds is 1. The highest BCUT2D eigenvalue weighted by Gasteiger charge is 2.12. The molecule has 3 nitrogen and oxygen atoms in total. The quantitative estimate of drug-likeness (QED) is 0.664. The van der Waals surface area contributed by atoms with E-state index < -0.39 is 0 Å². The van der Waals surface area contributed by atoms with Gasteiger partial charge in [-0.05, 0) is 36.8 Å². The normalized spacial score (nSPS) is 11.0. The molecule has 0 amide bonds. The second-order valence-electron chi connectivity index (χ2n) is 4.15. The van der Waals surface area contributed by atoms with Gasteiger partial charge in [-0.25, -0.2) is 9.37 Å². The Morgan fingerprint density at radius 2 is 2.06 bits per heavy atom. The zero-order valence-corrected chi connectivity index (χ0v) is 9.77. The van der Waals surface area contributed by atoms with Crippen molar-refractivity contribution in [3.8, 4) is 11.5 Å². The van der Waals surface area contributed by atoms with Crippen LogP contribution in [0, 0.1) is 12.7 Å². The molecule has 4 heteroatoms. The minimum atomic E-state index is -0.327. The first-order valence-corrected chi connectivity index (χ1v) is 5.57. The first-order valence-electron chi connectivity index (χ1n) is 5.57. The zero-order chi connectivity index (χ0) is 12.7. The van der Waals surface area contributed by atoms with Gasteiger partial charge in [0.2, 0.25) is 5.89 Å². The van der Waals surface area contributed by atoms with Crippen LogP contribution in [0.3, 0.4) is 0 Å². The lowest BCUT2D eigenvalue weighted by Crippen LogP contribution is -1.91. The fourth-order valence-corrected chi connectivity index (χ4v) is 1.90. The molecule has 0 bridgehead atoms. The van der Waals surface area contributed by atoms with Crippen molar-refractivity contribution in [1.82, 2.24) is 4.98 Å². The highest BCUT2D eigenvalue weighted by molar-refractivity contribution is 5.78. The maximum absolute atomic E-state index is 13.1. The molecule has 3 rings (SSSR count). The Balaban J connectivity index is 2.22. The Hall–Kier alpha value is -2.36. The lowest BCUT2D eigenvalue weighted by molar-refractivity contribution is 0.613. The third-order valence-electron chi connectivity index (χ3n) is 2.96. The Morgan fingerprint density at radius 3 is 2.89 bits per heavy atom. The van der Waals surface area contributed by atoms with Crippen molar-refractivity contribution in [2.75, 3.05) is 5.73 Å². The molecule has 0 atom stereocenters. The Bertz CT molecular complexity index is 734. The van der Waals surface area contributed by atoms with Gasteiger partial charge < -0.3 is 10.2 Å². The van der Waals surface area contributed by atoms with E-state index in [9.17, 15) is 4.39 Å². The van der Waals surface area contributed by atoms with Gasteiger partial charge in [-0.15, -0.1) is 0 Å². The van der Waals surface area contributed by atoms with E-state index in [1.165, 1.54) is 12.1 Å². The van der Waals surface area contributed by atoms with Gasteiger partial charge in [-0.2, -0.15) is 0 Å². The predicted molar refractivity (Wildman–Crippen MR) is 68.6 cm³/mol. The van der Waals surface area contributed by atoms with E-state index in [0.29, 0.717) is 22.7 Å². The number of nitrogens with two attached hydrogens (primary N) is 1. The average Bonchev–Trinajstić information content (AvgIpc) is 2.75. The number of halogens is 1. The largest absolute Gasteiger partial charge is 0.436 e. The second kappa shape index (κ2) is 3.84. The average molecular weight is 242 g/mol. The van der Waals surface area contributed by atoms with Crippen LogP contribution in [0.5, 0.6) is 0 Å². The standard InChI is InChI=1S/C14H11FN2O/c1-8-10(3-2-4-11(8)16)14-17-12-7-9(15)5-6-13(12)18-14/h2-7H,16H2,1H3. The molecule has 0 saturated heterocycles. The predicted octanol–water partition coefficient (Wildman–Crippen LogP) is 3.52. The summed E-state index contributed by atoms with van der Waals surface area (Å²) in [5, 5.41) is 0. The Morgan fingerprint density at radius 1 is 1.22 bits per heavy atom. The number of anilines is 1. The number of fused-ring (bicyclic) bond motifs is 1. The molecule has 0 unspecified atom stereocenters. The lowest BCUT2D eigenvalue weighted by Gasteiger charge is -2.03. The van der Waals surface area contributed by atoms with E-state index in [1.807, 2.05) is 25.1 Å². The molecular weight excluding hydrogens is 231 g/mol. The van der Waals surface area contributed by atoms with Crippen molar-refractivity contribution >= 4 is 16.8 Å². The van der Waals surface area contributed by atoms with E-state index >= 15 is 0 Å². The summed E-state index contributed by atoms with van der Waals surface area (Å²) in [7, 11) is 0. The molecular formula is C14H11FN2O. The molecule has 0 radical (unpaired) electrons. The van der Waals surface area contributed by atoms with Crippen molar-refractivity contribution in [2.24, 2.45) is 0 Å². The minimum Gasteiger partial charge on any atom is -0.436 e. The van der Waals surface area contributed by atoms with E-state index in [0.717, 1.165) is 11.1 Å². The van der Waals surface area contributed by atoms with Crippen LogP contribution in [0.25, 0.3) is 22.6 Å². The number of nitrogen functional groups attached to an aromatic ring is 1. The summed E-state index contributed by atoms with van der Waals surface area (Å²) in [5.41, 5.74) is 9.33. The van der Waals surface area contributed by atoms with Crippen LogP contribution in [-0.4, -0.2) is 4.98 Å². The second-order valence-corrected chi connectivity index (χ2v) is 4.15. The molecule has 1 aromatic heterocycles. The van der Waals surface area contributed by atoms with Crippen LogP contribution in [0.4, 0.5) is 10.1 Å². The fourth-order valence-electron chi connectivity index (χ4n) is 1.90. The van der Waals surface area contributed by atoms with Crippen LogP contribution in [-0.2, 0) is 0 Å². The smallest absolute Gasteiger partial charge is 0.227 e. The molecule has 0 aliphatic heterocycles. The molecule has 2 N–H and O–H groups in total. The number of nitrogens with zero attached hydrogens (tertiary/aromatic N) is 1. The molecule has 0 fully saturated rings. The zero-order valence-electron chi connectivity index (χ0n) is 9.77.